The van der Waals surface area contributed by atoms with Crippen molar-refractivity contribution in [3.63, 3.8) is 0 Å². The number of cyclic esters (lactones) is 2. The van der Waals surface area contributed by atoms with Crippen LogP contribution in [0.3, 0.4) is 0 Å². The predicted octanol–water partition coefficient (Wildman–Crippen LogP) is 8.06. The maximum Gasteiger partial charge on any atom is 0.317 e. The summed E-state index contributed by atoms with van der Waals surface area (Å²) in [5.41, 5.74) is 0. The van der Waals surface area contributed by atoms with Crippen LogP contribution >= 0.6 is 0 Å². The smallest absolute Gasteiger partial charge is 0.317 e. The molecule has 0 spiro atoms. The minimum Gasteiger partial charge on any atom is -0.393 e. The maximum absolute atomic E-state index is 11.4. The van der Waals surface area contributed by atoms with Crippen LogP contribution in [-0.2, 0) is 14.3 Å². The van der Waals surface area contributed by atoms with Crippen molar-refractivity contribution >= 4 is 11.9 Å². The summed E-state index contributed by atoms with van der Waals surface area (Å²) < 4.78 is 4.59. The Morgan fingerprint density at radius 1 is 0.690 bits per heavy atom. The third-order valence-corrected chi connectivity index (χ3v) is 6.03. The molecular weight excluding hydrogens is 360 g/mol. The topological polar surface area (TPSA) is 43.4 Å². The molecule has 1 fully saturated rings. The Morgan fingerprint density at radius 3 is 1.59 bits per heavy atom. The number of esters is 2. The first-order chi connectivity index (χ1) is 14.2. The van der Waals surface area contributed by atoms with Crippen LogP contribution in [0.25, 0.3) is 0 Å². The summed E-state index contributed by atoms with van der Waals surface area (Å²) in [7, 11) is 0. The van der Waals surface area contributed by atoms with E-state index in [9.17, 15) is 9.59 Å². The maximum atomic E-state index is 11.4. The van der Waals surface area contributed by atoms with Crippen molar-refractivity contribution in [2.45, 2.75) is 135 Å². The summed E-state index contributed by atoms with van der Waals surface area (Å²) in [4.78, 5) is 22.4. The van der Waals surface area contributed by atoms with E-state index in [2.05, 4.69) is 23.8 Å². The fraction of sp³-hybridized carbons (Fsp3) is 0.846. The lowest BCUT2D eigenvalue weighted by Gasteiger charge is -2.04. The van der Waals surface area contributed by atoms with E-state index in [4.69, 9.17) is 0 Å². The van der Waals surface area contributed by atoms with Gasteiger partial charge in [-0.3, -0.25) is 9.59 Å². The van der Waals surface area contributed by atoms with Crippen molar-refractivity contribution < 1.29 is 14.3 Å². The highest BCUT2D eigenvalue weighted by Gasteiger charge is 2.32. The first-order valence-corrected chi connectivity index (χ1v) is 12.6. The van der Waals surface area contributed by atoms with Crippen molar-refractivity contribution in [2.75, 3.05) is 0 Å². The van der Waals surface area contributed by atoms with Gasteiger partial charge < -0.3 is 4.74 Å². The van der Waals surface area contributed by atoms with Gasteiger partial charge >= 0.3 is 11.9 Å². The highest BCUT2D eigenvalue weighted by atomic mass is 16.6. The van der Waals surface area contributed by atoms with Crippen molar-refractivity contribution in [2.24, 2.45) is 5.92 Å². The highest BCUT2D eigenvalue weighted by molar-refractivity contribution is 5.94. The number of carbonyl (C=O) groups is 2. The predicted molar refractivity (Wildman–Crippen MR) is 122 cm³/mol. The summed E-state index contributed by atoms with van der Waals surface area (Å²) in [6, 6.07) is 0. The van der Waals surface area contributed by atoms with Gasteiger partial charge in [-0.2, -0.15) is 0 Å². The lowest BCUT2D eigenvalue weighted by Crippen LogP contribution is -2.06. The molecule has 1 atom stereocenters. The molecule has 0 amide bonds. The number of carbonyl (C=O) groups excluding carboxylic acids is 2. The van der Waals surface area contributed by atoms with Gasteiger partial charge in [0.05, 0.1) is 12.3 Å². The van der Waals surface area contributed by atoms with E-state index in [-0.39, 0.29) is 17.9 Å². The van der Waals surface area contributed by atoms with Crippen LogP contribution in [0.4, 0.5) is 0 Å². The van der Waals surface area contributed by atoms with Gasteiger partial charge in [-0.15, -0.1) is 0 Å². The fourth-order valence-corrected chi connectivity index (χ4v) is 4.09. The average Bonchev–Trinajstić information content (AvgIpc) is 3.03. The van der Waals surface area contributed by atoms with E-state index in [1.54, 1.807) is 0 Å². The molecule has 1 saturated heterocycles. The van der Waals surface area contributed by atoms with Crippen LogP contribution < -0.4 is 0 Å². The van der Waals surface area contributed by atoms with E-state index < -0.39 is 0 Å². The molecule has 1 heterocycles. The molecule has 0 aromatic heterocycles. The Morgan fingerprint density at radius 2 is 1.14 bits per heavy atom. The molecule has 1 rings (SSSR count). The minimum atomic E-state index is -0.343. The molecule has 1 aliphatic heterocycles. The van der Waals surface area contributed by atoms with Gasteiger partial charge in [0, 0.05) is 0 Å². The highest BCUT2D eigenvalue weighted by Crippen LogP contribution is 2.22. The van der Waals surface area contributed by atoms with Crippen LogP contribution in [0, 0.1) is 5.92 Å². The average molecular weight is 407 g/mol. The number of hydrogen-bond acceptors (Lipinski definition) is 3. The van der Waals surface area contributed by atoms with Gasteiger partial charge in [-0.1, -0.05) is 109 Å². The molecule has 29 heavy (non-hydrogen) atoms. The Kier molecular flexibility index (Phi) is 16.9. The van der Waals surface area contributed by atoms with E-state index >= 15 is 0 Å². The second kappa shape index (κ2) is 18.9. The van der Waals surface area contributed by atoms with E-state index in [1.165, 1.54) is 109 Å². The number of rotatable bonds is 20. The van der Waals surface area contributed by atoms with E-state index in [0.717, 1.165) is 12.8 Å². The second-order valence-electron chi connectivity index (χ2n) is 8.83. The second-order valence-corrected chi connectivity index (χ2v) is 8.83. The fourth-order valence-electron chi connectivity index (χ4n) is 4.09. The number of allylic oxidation sites excluding steroid dienone is 2. The Bertz CT molecular complexity index is 441. The van der Waals surface area contributed by atoms with Gasteiger partial charge in [-0.05, 0) is 32.1 Å². The normalized spacial score (nSPS) is 16.8. The SMILES string of the molecule is CCCCCCCC/C=C/CCCCCCCCCCCCC1CC(=O)OC1=O. The summed E-state index contributed by atoms with van der Waals surface area (Å²) in [6.45, 7) is 2.27. The molecule has 3 nitrogen and oxygen atoms in total. The van der Waals surface area contributed by atoms with Crippen LogP contribution in [0.2, 0.25) is 0 Å². The Balaban J connectivity index is 1.72. The molecule has 168 valence electrons. The zero-order chi connectivity index (χ0) is 21.0. The van der Waals surface area contributed by atoms with Crippen molar-refractivity contribution in [3.05, 3.63) is 12.2 Å². The number of ether oxygens (including phenoxy) is 1. The van der Waals surface area contributed by atoms with Crippen LogP contribution in [-0.4, -0.2) is 11.9 Å². The molecule has 0 N–H and O–H groups in total. The number of hydrogen-bond donors (Lipinski definition) is 0. The van der Waals surface area contributed by atoms with Crippen molar-refractivity contribution in [1.29, 1.82) is 0 Å². The third-order valence-electron chi connectivity index (χ3n) is 6.03. The molecule has 0 radical (unpaired) electrons. The summed E-state index contributed by atoms with van der Waals surface area (Å²) >= 11 is 0. The quantitative estimate of drug-likeness (QED) is 0.0888. The summed E-state index contributed by atoms with van der Waals surface area (Å²) in [6.07, 6.45) is 29.7. The van der Waals surface area contributed by atoms with Gasteiger partial charge in [0.2, 0.25) is 0 Å². The van der Waals surface area contributed by atoms with Crippen molar-refractivity contribution in [3.8, 4) is 0 Å². The molecule has 0 aliphatic carbocycles. The monoisotopic (exact) mass is 406 g/mol. The summed E-state index contributed by atoms with van der Waals surface area (Å²) in [5.74, 6) is -0.805. The molecule has 0 bridgehead atoms. The van der Waals surface area contributed by atoms with Gasteiger partial charge in [0.1, 0.15) is 0 Å². The molecular formula is C26H46O3. The van der Waals surface area contributed by atoms with Crippen LogP contribution in [0.5, 0.6) is 0 Å². The molecule has 3 heteroatoms. The molecule has 0 aromatic carbocycles. The largest absolute Gasteiger partial charge is 0.393 e. The lowest BCUT2D eigenvalue weighted by atomic mass is 9.98. The summed E-state index contributed by atoms with van der Waals surface area (Å²) in [5, 5.41) is 0. The molecule has 0 aromatic rings. The zero-order valence-corrected chi connectivity index (χ0v) is 19.1. The van der Waals surface area contributed by atoms with Crippen LogP contribution in [0.15, 0.2) is 12.2 Å². The van der Waals surface area contributed by atoms with Crippen molar-refractivity contribution in [1.82, 2.24) is 0 Å². The third kappa shape index (κ3) is 15.4. The van der Waals surface area contributed by atoms with E-state index in [0.29, 0.717) is 6.42 Å². The van der Waals surface area contributed by atoms with Gasteiger partial charge in [0.25, 0.3) is 0 Å². The first-order valence-electron chi connectivity index (χ1n) is 12.6. The number of unbranched alkanes of at least 4 members (excludes halogenated alkanes) is 16. The molecule has 1 aliphatic rings. The van der Waals surface area contributed by atoms with Crippen LogP contribution in [0.1, 0.15) is 135 Å². The molecule has 0 saturated carbocycles. The van der Waals surface area contributed by atoms with Gasteiger partial charge in [-0.25, -0.2) is 0 Å². The van der Waals surface area contributed by atoms with E-state index in [1.807, 2.05) is 0 Å². The zero-order valence-electron chi connectivity index (χ0n) is 19.1. The van der Waals surface area contributed by atoms with Gasteiger partial charge in [0.15, 0.2) is 0 Å². The lowest BCUT2D eigenvalue weighted by molar-refractivity contribution is -0.153. The minimum absolute atomic E-state index is 0.159. The Hall–Kier alpha value is -1.12. The standard InChI is InChI=1S/C26H46O3/c1-2-3-4-5-6-7-8-9-10-11-12-13-14-15-16-17-18-19-20-21-22-24-23-25(27)29-26(24)28/h9-10,24H,2-8,11-23H2,1H3/b10-9+. The molecule has 1 unspecified atom stereocenters. The Labute approximate surface area is 180 Å². The first kappa shape index (κ1) is 25.9.